The molecule has 3 rings (SSSR count). The molecular weight excluding hydrogens is 400 g/mol. The molecule has 168 valence electrons. The highest BCUT2D eigenvalue weighted by Crippen LogP contribution is 2.25. The molecule has 6 nitrogen and oxygen atoms in total. The number of carbonyl (C=O) groups is 2. The van der Waals surface area contributed by atoms with Crippen LogP contribution in [0.1, 0.15) is 38.3 Å². The van der Waals surface area contributed by atoms with Gasteiger partial charge in [0.1, 0.15) is 0 Å². The summed E-state index contributed by atoms with van der Waals surface area (Å²) in [4.78, 5) is 31.5. The van der Waals surface area contributed by atoms with E-state index < -0.39 is 0 Å². The highest BCUT2D eigenvalue weighted by molar-refractivity contribution is 5.93. The Balaban J connectivity index is 1.91. The molecule has 0 saturated heterocycles. The second-order valence-electron chi connectivity index (χ2n) is 8.59. The van der Waals surface area contributed by atoms with E-state index in [9.17, 15) is 9.59 Å². The number of imidazole rings is 1. The lowest BCUT2D eigenvalue weighted by Gasteiger charge is -2.23. The summed E-state index contributed by atoms with van der Waals surface area (Å²) in [6.07, 6.45) is 2.30. The largest absolute Gasteiger partial charge is 0.333 e. The first-order valence-electron chi connectivity index (χ1n) is 11.1. The summed E-state index contributed by atoms with van der Waals surface area (Å²) in [6.45, 7) is 10.5. The summed E-state index contributed by atoms with van der Waals surface area (Å²) in [5.74, 6) is 0.418. The van der Waals surface area contributed by atoms with Gasteiger partial charge in [0.15, 0.2) is 0 Å². The third-order valence-corrected chi connectivity index (χ3v) is 5.19. The number of anilines is 1. The highest BCUT2D eigenvalue weighted by atomic mass is 16.2. The van der Waals surface area contributed by atoms with Crippen molar-refractivity contribution in [1.29, 1.82) is 0 Å². The van der Waals surface area contributed by atoms with E-state index in [-0.39, 0.29) is 24.3 Å². The smallest absolute Gasteiger partial charge is 0.246 e. The van der Waals surface area contributed by atoms with Crippen molar-refractivity contribution < 1.29 is 9.59 Å². The third-order valence-electron chi connectivity index (χ3n) is 5.19. The summed E-state index contributed by atoms with van der Waals surface area (Å²) < 4.78 is 1.88. The van der Waals surface area contributed by atoms with Crippen molar-refractivity contribution in [2.45, 2.75) is 41.0 Å². The molecule has 2 amide bonds. The Bertz CT molecular complexity index is 1070. The molecule has 1 N–H and O–H groups in total. The Morgan fingerprint density at radius 2 is 1.59 bits per heavy atom. The minimum absolute atomic E-state index is 0.00543. The van der Waals surface area contributed by atoms with Crippen LogP contribution in [-0.2, 0) is 9.59 Å². The van der Waals surface area contributed by atoms with Gasteiger partial charge in [-0.3, -0.25) is 19.5 Å². The SMILES string of the molecule is CCC(=O)N(CC(=O)Nc1nc(-c2ccc(C)cc2)cn1-c1ccc(C)cc1)CC(C)C. The van der Waals surface area contributed by atoms with E-state index in [1.54, 1.807) is 4.90 Å². The highest BCUT2D eigenvalue weighted by Gasteiger charge is 2.19. The van der Waals surface area contributed by atoms with E-state index in [0.717, 1.165) is 22.5 Å². The van der Waals surface area contributed by atoms with Gasteiger partial charge in [0.2, 0.25) is 17.8 Å². The van der Waals surface area contributed by atoms with Crippen LogP contribution >= 0.6 is 0 Å². The van der Waals surface area contributed by atoms with Gasteiger partial charge >= 0.3 is 0 Å². The van der Waals surface area contributed by atoms with Gasteiger partial charge in [-0.15, -0.1) is 0 Å². The van der Waals surface area contributed by atoms with Crippen molar-refractivity contribution in [3.63, 3.8) is 0 Å². The number of benzene rings is 2. The van der Waals surface area contributed by atoms with Crippen molar-refractivity contribution in [3.05, 3.63) is 65.9 Å². The fraction of sp³-hybridized carbons (Fsp3) is 0.346. The molecule has 0 bridgehead atoms. The standard InChI is InChI=1S/C26H32N4O2/c1-6-25(32)29(15-18(2)3)17-24(31)28-26-27-23(21-11-7-19(4)8-12-21)16-30(26)22-13-9-20(5)10-14-22/h7-14,16,18H,6,15,17H2,1-5H3,(H,27,28,31). The Labute approximate surface area is 190 Å². The summed E-state index contributed by atoms with van der Waals surface area (Å²) in [6, 6.07) is 16.2. The van der Waals surface area contributed by atoms with Crippen LogP contribution < -0.4 is 5.32 Å². The van der Waals surface area contributed by atoms with Crippen molar-refractivity contribution in [1.82, 2.24) is 14.5 Å². The summed E-state index contributed by atoms with van der Waals surface area (Å²) >= 11 is 0. The Kier molecular flexibility index (Phi) is 7.46. The lowest BCUT2D eigenvalue weighted by molar-refractivity contribution is -0.134. The monoisotopic (exact) mass is 432 g/mol. The van der Waals surface area contributed by atoms with Gasteiger partial charge in [0.25, 0.3) is 0 Å². The number of hydrogen-bond acceptors (Lipinski definition) is 3. The summed E-state index contributed by atoms with van der Waals surface area (Å²) in [5.41, 5.74) is 4.97. The second-order valence-corrected chi connectivity index (χ2v) is 8.59. The fourth-order valence-electron chi connectivity index (χ4n) is 3.49. The zero-order valence-corrected chi connectivity index (χ0v) is 19.6. The van der Waals surface area contributed by atoms with Crippen LogP contribution in [0.4, 0.5) is 5.95 Å². The second kappa shape index (κ2) is 10.3. The molecule has 3 aromatic rings. The van der Waals surface area contributed by atoms with E-state index in [4.69, 9.17) is 4.98 Å². The molecule has 0 unspecified atom stereocenters. The molecule has 1 heterocycles. The van der Waals surface area contributed by atoms with Gasteiger partial charge in [-0.1, -0.05) is 68.3 Å². The molecular formula is C26H32N4O2. The van der Waals surface area contributed by atoms with Crippen LogP contribution in [0.15, 0.2) is 54.7 Å². The molecule has 6 heteroatoms. The van der Waals surface area contributed by atoms with Gasteiger partial charge in [-0.05, 0) is 31.9 Å². The Morgan fingerprint density at radius 1 is 1.00 bits per heavy atom. The maximum Gasteiger partial charge on any atom is 0.246 e. The van der Waals surface area contributed by atoms with E-state index in [0.29, 0.717) is 18.9 Å². The first-order valence-corrected chi connectivity index (χ1v) is 11.1. The van der Waals surface area contributed by atoms with Crippen LogP contribution in [0.25, 0.3) is 16.9 Å². The van der Waals surface area contributed by atoms with Crippen LogP contribution in [0, 0.1) is 19.8 Å². The lowest BCUT2D eigenvalue weighted by atomic mass is 10.1. The van der Waals surface area contributed by atoms with Crippen LogP contribution in [0.3, 0.4) is 0 Å². The number of aromatic nitrogens is 2. The number of rotatable bonds is 8. The van der Waals surface area contributed by atoms with Crippen molar-refractivity contribution in [3.8, 4) is 16.9 Å². The van der Waals surface area contributed by atoms with Crippen molar-refractivity contribution in [2.24, 2.45) is 5.92 Å². The number of nitrogens with one attached hydrogen (secondary N) is 1. The van der Waals surface area contributed by atoms with E-state index in [2.05, 4.69) is 5.32 Å². The predicted octanol–water partition coefficient (Wildman–Crippen LogP) is 4.99. The Morgan fingerprint density at radius 3 is 2.16 bits per heavy atom. The van der Waals surface area contributed by atoms with Gasteiger partial charge in [0, 0.05) is 30.4 Å². The molecule has 1 aromatic heterocycles. The lowest BCUT2D eigenvalue weighted by Crippen LogP contribution is -2.40. The first-order chi connectivity index (χ1) is 15.3. The molecule has 0 aliphatic carbocycles. The average molecular weight is 433 g/mol. The average Bonchev–Trinajstić information content (AvgIpc) is 3.16. The third kappa shape index (κ3) is 5.84. The molecule has 0 atom stereocenters. The van der Waals surface area contributed by atoms with E-state index in [1.165, 1.54) is 5.56 Å². The summed E-state index contributed by atoms with van der Waals surface area (Å²) in [5, 5.41) is 2.93. The molecule has 0 aliphatic heterocycles. The fourth-order valence-corrected chi connectivity index (χ4v) is 3.49. The molecule has 0 fully saturated rings. The van der Waals surface area contributed by atoms with Crippen molar-refractivity contribution in [2.75, 3.05) is 18.4 Å². The molecule has 2 aromatic carbocycles. The van der Waals surface area contributed by atoms with Gasteiger partial charge in [-0.2, -0.15) is 0 Å². The van der Waals surface area contributed by atoms with Gasteiger partial charge in [-0.25, -0.2) is 4.98 Å². The zero-order valence-electron chi connectivity index (χ0n) is 19.6. The molecule has 0 radical (unpaired) electrons. The normalized spacial score (nSPS) is 10.9. The summed E-state index contributed by atoms with van der Waals surface area (Å²) in [7, 11) is 0. The molecule has 0 spiro atoms. The predicted molar refractivity (Wildman–Crippen MR) is 129 cm³/mol. The minimum atomic E-state index is -0.262. The zero-order chi connectivity index (χ0) is 23.3. The van der Waals surface area contributed by atoms with Crippen molar-refractivity contribution >= 4 is 17.8 Å². The number of aryl methyl sites for hydroxylation is 2. The van der Waals surface area contributed by atoms with Crippen LogP contribution in [0.5, 0.6) is 0 Å². The first kappa shape index (κ1) is 23.3. The van der Waals surface area contributed by atoms with Crippen LogP contribution in [-0.4, -0.2) is 39.4 Å². The topological polar surface area (TPSA) is 67.2 Å². The number of hydrogen-bond donors (Lipinski definition) is 1. The maximum atomic E-state index is 12.9. The molecule has 32 heavy (non-hydrogen) atoms. The minimum Gasteiger partial charge on any atom is -0.333 e. The van der Waals surface area contributed by atoms with Gasteiger partial charge < -0.3 is 4.90 Å². The van der Waals surface area contributed by atoms with Gasteiger partial charge in [0.05, 0.1) is 12.2 Å². The number of amides is 2. The maximum absolute atomic E-state index is 12.9. The molecule has 0 saturated carbocycles. The van der Waals surface area contributed by atoms with E-state index >= 15 is 0 Å². The molecule has 0 aliphatic rings. The number of carbonyl (C=O) groups excluding carboxylic acids is 2. The van der Waals surface area contributed by atoms with Crippen LogP contribution in [0.2, 0.25) is 0 Å². The Hall–Kier alpha value is -3.41. The number of nitrogens with zero attached hydrogens (tertiary/aromatic N) is 3. The quantitative estimate of drug-likeness (QED) is 0.545. The van der Waals surface area contributed by atoms with E-state index in [1.807, 2.05) is 93.9 Å².